The molecule has 0 aliphatic rings. The largest absolute Gasteiger partial charge is 0.493 e. The van der Waals surface area contributed by atoms with Gasteiger partial charge in [-0.1, -0.05) is 26.0 Å². The molecular weight excluding hydrogens is 523 g/mol. The van der Waals surface area contributed by atoms with Gasteiger partial charge in [0.05, 0.1) is 18.9 Å². The molecule has 0 atom stereocenters. The van der Waals surface area contributed by atoms with Crippen molar-refractivity contribution < 1.29 is 27.1 Å². The molecule has 0 saturated heterocycles. The highest BCUT2D eigenvalue weighted by Gasteiger charge is 2.23. The predicted molar refractivity (Wildman–Crippen MR) is 142 cm³/mol. The Kier molecular flexibility index (Phi) is 8.82. The maximum Gasteiger partial charge on any atom is 0.281 e. The second-order valence-electron chi connectivity index (χ2n) is 8.95. The van der Waals surface area contributed by atoms with Crippen LogP contribution in [0.3, 0.4) is 0 Å². The van der Waals surface area contributed by atoms with Crippen molar-refractivity contribution >= 4 is 15.9 Å². The molecule has 3 heterocycles. The summed E-state index contributed by atoms with van der Waals surface area (Å²) in [6.07, 6.45) is 3.37. The SMILES string of the molecule is CC(C)COc1cc(F)cc(-c2ccc(C(=O)NS(=O)(=O)c3ccccn3)c(OCCc3ccccn3)n2)c1. The minimum atomic E-state index is -4.24. The quantitative estimate of drug-likeness (QED) is 0.291. The van der Waals surface area contributed by atoms with Crippen LogP contribution < -0.4 is 14.2 Å². The number of carbonyl (C=O) groups excluding carboxylic acids is 1. The van der Waals surface area contributed by atoms with Crippen molar-refractivity contribution in [3.05, 3.63) is 96.2 Å². The van der Waals surface area contributed by atoms with Crippen LogP contribution in [0.4, 0.5) is 4.39 Å². The van der Waals surface area contributed by atoms with Crippen LogP contribution in [0.1, 0.15) is 29.9 Å². The molecule has 0 radical (unpaired) electrons. The lowest BCUT2D eigenvalue weighted by Crippen LogP contribution is -2.31. The first-order valence-electron chi connectivity index (χ1n) is 12.2. The Bertz CT molecular complexity index is 1530. The van der Waals surface area contributed by atoms with E-state index in [9.17, 15) is 17.6 Å². The highest BCUT2D eigenvalue weighted by molar-refractivity contribution is 7.90. The zero-order valence-corrected chi connectivity index (χ0v) is 22.2. The van der Waals surface area contributed by atoms with Gasteiger partial charge in [0.25, 0.3) is 15.9 Å². The van der Waals surface area contributed by atoms with Gasteiger partial charge < -0.3 is 9.47 Å². The van der Waals surface area contributed by atoms with Crippen LogP contribution in [0.5, 0.6) is 11.6 Å². The van der Waals surface area contributed by atoms with E-state index in [2.05, 4.69) is 15.0 Å². The summed E-state index contributed by atoms with van der Waals surface area (Å²) in [5, 5.41) is -0.311. The second-order valence-corrected chi connectivity index (χ2v) is 10.6. The van der Waals surface area contributed by atoms with E-state index < -0.39 is 21.7 Å². The van der Waals surface area contributed by atoms with E-state index >= 15 is 0 Å². The average Bonchev–Trinajstić information content (AvgIpc) is 2.92. The Morgan fingerprint density at radius 1 is 0.974 bits per heavy atom. The molecule has 1 amide bonds. The first kappa shape index (κ1) is 27.6. The summed E-state index contributed by atoms with van der Waals surface area (Å²) in [5.41, 5.74) is 1.35. The summed E-state index contributed by atoms with van der Waals surface area (Å²) in [4.78, 5) is 25.5. The lowest BCUT2D eigenvalue weighted by Gasteiger charge is -2.14. The molecule has 1 N–H and O–H groups in total. The van der Waals surface area contributed by atoms with Gasteiger partial charge >= 0.3 is 0 Å². The number of sulfonamides is 1. The fraction of sp³-hybridized carbons (Fsp3) is 0.214. The second kappa shape index (κ2) is 12.4. The van der Waals surface area contributed by atoms with Crippen molar-refractivity contribution in [2.24, 2.45) is 5.92 Å². The minimum Gasteiger partial charge on any atom is -0.493 e. The maximum atomic E-state index is 14.4. The number of carbonyl (C=O) groups is 1. The Balaban J connectivity index is 1.64. The van der Waals surface area contributed by atoms with Crippen LogP contribution in [-0.4, -0.2) is 42.5 Å². The molecule has 0 aliphatic carbocycles. The normalized spacial score (nSPS) is 11.3. The van der Waals surface area contributed by atoms with E-state index in [1.807, 2.05) is 30.7 Å². The first-order valence-corrected chi connectivity index (χ1v) is 13.7. The lowest BCUT2D eigenvalue weighted by atomic mass is 10.1. The molecule has 0 saturated carbocycles. The van der Waals surface area contributed by atoms with E-state index in [0.29, 0.717) is 30.0 Å². The summed E-state index contributed by atoms with van der Waals surface area (Å²) in [6.45, 7) is 4.47. The first-order chi connectivity index (χ1) is 18.7. The van der Waals surface area contributed by atoms with Crippen molar-refractivity contribution in [2.45, 2.75) is 25.3 Å². The summed E-state index contributed by atoms with van der Waals surface area (Å²) >= 11 is 0. The number of ether oxygens (including phenoxy) is 2. The molecule has 3 aromatic heterocycles. The molecule has 202 valence electrons. The third-order valence-electron chi connectivity index (χ3n) is 5.32. The van der Waals surface area contributed by atoms with Gasteiger partial charge in [-0.15, -0.1) is 0 Å². The van der Waals surface area contributed by atoms with Gasteiger partial charge in [-0.3, -0.25) is 9.78 Å². The third kappa shape index (κ3) is 7.57. The fourth-order valence-electron chi connectivity index (χ4n) is 3.47. The molecular formula is C28H27FN4O5S. The van der Waals surface area contributed by atoms with Crippen LogP contribution in [0.15, 0.2) is 84.1 Å². The monoisotopic (exact) mass is 550 g/mol. The molecule has 1 aromatic carbocycles. The van der Waals surface area contributed by atoms with Crippen LogP contribution in [0.2, 0.25) is 0 Å². The summed E-state index contributed by atoms with van der Waals surface area (Å²) < 4.78 is 53.3. The fourth-order valence-corrected chi connectivity index (χ4v) is 4.39. The average molecular weight is 551 g/mol. The maximum absolute atomic E-state index is 14.4. The molecule has 9 nitrogen and oxygen atoms in total. The number of benzene rings is 1. The van der Waals surface area contributed by atoms with E-state index in [1.54, 1.807) is 24.4 Å². The van der Waals surface area contributed by atoms with E-state index in [0.717, 1.165) is 5.69 Å². The Labute approximate surface area is 226 Å². The van der Waals surface area contributed by atoms with Crippen LogP contribution in [0.25, 0.3) is 11.3 Å². The van der Waals surface area contributed by atoms with Gasteiger partial charge in [0.2, 0.25) is 5.88 Å². The summed E-state index contributed by atoms with van der Waals surface area (Å²) in [7, 11) is -4.24. The van der Waals surface area contributed by atoms with Crippen molar-refractivity contribution in [3.63, 3.8) is 0 Å². The highest BCUT2D eigenvalue weighted by Crippen LogP contribution is 2.28. The van der Waals surface area contributed by atoms with Crippen molar-refractivity contribution in [1.82, 2.24) is 19.7 Å². The molecule has 39 heavy (non-hydrogen) atoms. The predicted octanol–water partition coefficient (Wildman–Crippen LogP) is 4.45. The molecule has 0 unspecified atom stereocenters. The van der Waals surface area contributed by atoms with Gasteiger partial charge in [0.1, 0.15) is 17.1 Å². The Morgan fingerprint density at radius 3 is 2.44 bits per heavy atom. The molecule has 0 bridgehead atoms. The molecule has 4 rings (SSSR count). The smallest absolute Gasteiger partial charge is 0.281 e. The van der Waals surface area contributed by atoms with E-state index in [-0.39, 0.29) is 29.0 Å². The number of pyridine rings is 3. The number of amides is 1. The summed E-state index contributed by atoms with van der Waals surface area (Å²) in [6, 6.07) is 16.8. The van der Waals surface area contributed by atoms with Gasteiger partial charge in [-0.2, -0.15) is 8.42 Å². The van der Waals surface area contributed by atoms with Crippen molar-refractivity contribution in [2.75, 3.05) is 13.2 Å². The molecule has 4 aromatic rings. The van der Waals surface area contributed by atoms with Gasteiger partial charge in [-0.25, -0.2) is 19.1 Å². The molecule has 0 aliphatic heterocycles. The van der Waals surface area contributed by atoms with Gasteiger partial charge in [0.15, 0.2) is 5.03 Å². The number of nitrogens with one attached hydrogen (secondary N) is 1. The zero-order chi connectivity index (χ0) is 27.8. The molecule has 11 heteroatoms. The van der Waals surface area contributed by atoms with Gasteiger partial charge in [0, 0.05) is 36.1 Å². The van der Waals surface area contributed by atoms with Crippen molar-refractivity contribution in [3.8, 4) is 22.9 Å². The van der Waals surface area contributed by atoms with Crippen LogP contribution in [0, 0.1) is 11.7 Å². The Hall–Kier alpha value is -4.38. The Morgan fingerprint density at radius 2 is 1.74 bits per heavy atom. The van der Waals surface area contributed by atoms with Gasteiger partial charge in [-0.05, 0) is 54.4 Å². The standard InChI is InChI=1S/C28H27FN4O5S/c1-19(2)18-38-23-16-20(15-21(29)17-23)25-10-9-24(27(34)33-39(35,36)26-8-4-6-13-31-26)28(32-25)37-14-11-22-7-3-5-12-30-22/h3-10,12-13,15-17,19H,11,14,18H2,1-2H3,(H,33,34). The topological polar surface area (TPSA) is 120 Å². The van der Waals surface area contributed by atoms with E-state index in [4.69, 9.17) is 9.47 Å². The van der Waals surface area contributed by atoms with E-state index in [1.165, 1.54) is 42.6 Å². The highest BCUT2D eigenvalue weighted by atomic mass is 32.2. The zero-order valence-electron chi connectivity index (χ0n) is 21.4. The number of rotatable bonds is 11. The third-order valence-corrected chi connectivity index (χ3v) is 6.56. The number of nitrogens with zero attached hydrogens (tertiary/aromatic N) is 3. The number of halogens is 1. The molecule has 0 spiro atoms. The number of hydrogen-bond donors (Lipinski definition) is 1. The lowest BCUT2D eigenvalue weighted by molar-refractivity contribution is 0.0976. The number of hydrogen-bond acceptors (Lipinski definition) is 8. The minimum absolute atomic E-state index is 0.104. The summed E-state index contributed by atoms with van der Waals surface area (Å²) in [5.74, 6) is -1.01. The number of aromatic nitrogens is 3. The van der Waals surface area contributed by atoms with Crippen LogP contribution >= 0.6 is 0 Å². The molecule has 0 fully saturated rings. The van der Waals surface area contributed by atoms with Crippen LogP contribution in [-0.2, 0) is 16.4 Å². The van der Waals surface area contributed by atoms with Crippen molar-refractivity contribution in [1.29, 1.82) is 0 Å².